The third kappa shape index (κ3) is 2.76. The largest absolute Gasteiger partial charge is 0.496 e. The van der Waals surface area contributed by atoms with Crippen molar-refractivity contribution >= 4 is 0 Å². The molecule has 0 aliphatic rings. The van der Waals surface area contributed by atoms with Gasteiger partial charge in [0.1, 0.15) is 5.75 Å². The minimum atomic E-state index is 0.727. The van der Waals surface area contributed by atoms with Gasteiger partial charge in [-0.15, -0.1) is 0 Å². The van der Waals surface area contributed by atoms with E-state index in [4.69, 9.17) is 4.74 Å². The van der Waals surface area contributed by atoms with Crippen molar-refractivity contribution in [1.82, 2.24) is 0 Å². The van der Waals surface area contributed by atoms with E-state index >= 15 is 0 Å². The van der Waals surface area contributed by atoms with E-state index in [1.54, 1.807) is 7.11 Å². The molecule has 0 aromatic heterocycles. The Hall–Kier alpha value is -0.980. The Balaban J connectivity index is 2.87. The molecule has 1 unspecified atom stereocenters. The molecule has 0 radical (unpaired) electrons. The SMILES string of the molecule is CCC(C)Cc1cc(C)ccc1OC. The second kappa shape index (κ2) is 5.04. The van der Waals surface area contributed by atoms with Crippen molar-refractivity contribution in [2.75, 3.05) is 7.11 Å². The van der Waals surface area contributed by atoms with Crippen LogP contribution in [0.5, 0.6) is 5.75 Å². The molecule has 1 aromatic rings. The van der Waals surface area contributed by atoms with Crippen LogP contribution < -0.4 is 4.74 Å². The number of rotatable bonds is 4. The quantitative estimate of drug-likeness (QED) is 0.708. The average molecular weight is 192 g/mol. The molecule has 1 nitrogen and oxygen atoms in total. The molecule has 0 saturated carbocycles. The van der Waals surface area contributed by atoms with Gasteiger partial charge in [0.15, 0.2) is 0 Å². The highest BCUT2D eigenvalue weighted by Crippen LogP contribution is 2.23. The number of hydrogen-bond acceptors (Lipinski definition) is 1. The first-order valence-electron chi connectivity index (χ1n) is 5.30. The summed E-state index contributed by atoms with van der Waals surface area (Å²) in [5.74, 6) is 1.75. The van der Waals surface area contributed by atoms with Crippen molar-refractivity contribution in [3.8, 4) is 5.75 Å². The van der Waals surface area contributed by atoms with Crippen LogP contribution in [-0.2, 0) is 6.42 Å². The molecule has 1 aromatic carbocycles. The molecule has 0 spiro atoms. The third-order valence-corrected chi connectivity index (χ3v) is 2.70. The fourth-order valence-electron chi connectivity index (χ4n) is 1.59. The Morgan fingerprint density at radius 2 is 2.07 bits per heavy atom. The highest BCUT2D eigenvalue weighted by Gasteiger charge is 2.06. The molecule has 0 fully saturated rings. The van der Waals surface area contributed by atoms with Gasteiger partial charge in [-0.3, -0.25) is 0 Å². The molecule has 1 atom stereocenters. The van der Waals surface area contributed by atoms with Crippen LogP contribution in [0.2, 0.25) is 0 Å². The molecule has 0 aliphatic heterocycles. The first-order chi connectivity index (χ1) is 6.67. The summed E-state index contributed by atoms with van der Waals surface area (Å²) in [6.45, 7) is 6.63. The Morgan fingerprint density at radius 3 is 2.64 bits per heavy atom. The molecule has 0 aliphatic carbocycles. The Kier molecular flexibility index (Phi) is 3.99. The first kappa shape index (κ1) is 11.1. The van der Waals surface area contributed by atoms with E-state index in [1.807, 2.05) is 0 Å². The molecule has 78 valence electrons. The van der Waals surface area contributed by atoms with Gasteiger partial charge in [-0.05, 0) is 30.9 Å². The first-order valence-corrected chi connectivity index (χ1v) is 5.30. The monoisotopic (exact) mass is 192 g/mol. The minimum Gasteiger partial charge on any atom is -0.496 e. The average Bonchev–Trinajstić information content (AvgIpc) is 2.18. The topological polar surface area (TPSA) is 9.23 Å². The summed E-state index contributed by atoms with van der Waals surface area (Å²) < 4.78 is 5.35. The molecule has 1 rings (SSSR count). The zero-order chi connectivity index (χ0) is 10.6. The minimum absolute atomic E-state index is 0.727. The lowest BCUT2D eigenvalue weighted by atomic mass is 9.97. The van der Waals surface area contributed by atoms with Crippen molar-refractivity contribution < 1.29 is 4.74 Å². The van der Waals surface area contributed by atoms with Gasteiger partial charge in [0.2, 0.25) is 0 Å². The normalized spacial score (nSPS) is 12.6. The predicted molar refractivity (Wildman–Crippen MR) is 60.9 cm³/mol. The molecule has 0 N–H and O–H groups in total. The number of aryl methyl sites for hydroxylation is 1. The molecular weight excluding hydrogens is 172 g/mol. The molecule has 14 heavy (non-hydrogen) atoms. The fraction of sp³-hybridized carbons (Fsp3) is 0.538. The lowest BCUT2D eigenvalue weighted by Gasteiger charge is -2.13. The summed E-state index contributed by atoms with van der Waals surface area (Å²) in [6, 6.07) is 6.39. The summed E-state index contributed by atoms with van der Waals surface area (Å²) in [5, 5.41) is 0. The van der Waals surface area contributed by atoms with Gasteiger partial charge in [0.05, 0.1) is 7.11 Å². The smallest absolute Gasteiger partial charge is 0.122 e. The standard InChI is InChI=1S/C13H20O/c1-5-10(2)8-12-9-11(3)6-7-13(12)14-4/h6-7,9-10H,5,8H2,1-4H3. The van der Waals surface area contributed by atoms with E-state index in [9.17, 15) is 0 Å². The maximum Gasteiger partial charge on any atom is 0.122 e. The van der Waals surface area contributed by atoms with Crippen LogP contribution in [0, 0.1) is 12.8 Å². The second-order valence-electron chi connectivity index (χ2n) is 4.03. The van der Waals surface area contributed by atoms with Gasteiger partial charge in [0.25, 0.3) is 0 Å². The molecule has 0 bridgehead atoms. The van der Waals surface area contributed by atoms with Crippen LogP contribution in [0.3, 0.4) is 0 Å². The van der Waals surface area contributed by atoms with Gasteiger partial charge in [-0.25, -0.2) is 0 Å². The van der Waals surface area contributed by atoms with Gasteiger partial charge < -0.3 is 4.74 Å². The molecule has 1 heteroatoms. The number of methoxy groups -OCH3 is 1. The number of hydrogen-bond donors (Lipinski definition) is 0. The van der Waals surface area contributed by atoms with Crippen molar-refractivity contribution in [3.05, 3.63) is 29.3 Å². The number of benzene rings is 1. The highest BCUT2D eigenvalue weighted by atomic mass is 16.5. The van der Waals surface area contributed by atoms with Crippen LogP contribution in [-0.4, -0.2) is 7.11 Å². The summed E-state index contributed by atoms with van der Waals surface area (Å²) in [5.41, 5.74) is 2.64. The summed E-state index contributed by atoms with van der Waals surface area (Å²) in [7, 11) is 1.74. The lowest BCUT2D eigenvalue weighted by Crippen LogP contribution is -2.00. The molecule has 0 amide bonds. The summed E-state index contributed by atoms with van der Waals surface area (Å²) >= 11 is 0. The van der Waals surface area contributed by atoms with E-state index in [2.05, 4.69) is 39.0 Å². The third-order valence-electron chi connectivity index (χ3n) is 2.70. The van der Waals surface area contributed by atoms with Crippen LogP contribution in [0.15, 0.2) is 18.2 Å². The summed E-state index contributed by atoms with van der Waals surface area (Å²) in [4.78, 5) is 0. The van der Waals surface area contributed by atoms with Gasteiger partial charge in [-0.2, -0.15) is 0 Å². The van der Waals surface area contributed by atoms with Crippen LogP contribution in [0.4, 0.5) is 0 Å². The Bertz CT molecular complexity index is 291. The van der Waals surface area contributed by atoms with Gasteiger partial charge in [0, 0.05) is 0 Å². The highest BCUT2D eigenvalue weighted by molar-refractivity contribution is 5.37. The van der Waals surface area contributed by atoms with E-state index in [-0.39, 0.29) is 0 Å². The lowest BCUT2D eigenvalue weighted by molar-refractivity contribution is 0.404. The second-order valence-corrected chi connectivity index (χ2v) is 4.03. The Morgan fingerprint density at radius 1 is 1.36 bits per heavy atom. The number of ether oxygens (including phenoxy) is 1. The van der Waals surface area contributed by atoms with E-state index < -0.39 is 0 Å². The predicted octanol–water partition coefficient (Wildman–Crippen LogP) is 3.59. The van der Waals surface area contributed by atoms with E-state index in [0.717, 1.165) is 18.1 Å². The maximum absolute atomic E-state index is 5.35. The zero-order valence-electron chi connectivity index (χ0n) is 9.63. The maximum atomic E-state index is 5.35. The van der Waals surface area contributed by atoms with Gasteiger partial charge >= 0.3 is 0 Å². The zero-order valence-corrected chi connectivity index (χ0v) is 9.63. The van der Waals surface area contributed by atoms with Gasteiger partial charge in [-0.1, -0.05) is 38.0 Å². The van der Waals surface area contributed by atoms with Crippen molar-refractivity contribution in [2.45, 2.75) is 33.6 Å². The van der Waals surface area contributed by atoms with Crippen molar-refractivity contribution in [1.29, 1.82) is 0 Å². The molecule has 0 heterocycles. The Labute approximate surface area is 87.1 Å². The molecule has 0 saturated heterocycles. The van der Waals surface area contributed by atoms with E-state index in [0.29, 0.717) is 0 Å². The van der Waals surface area contributed by atoms with Crippen LogP contribution in [0.25, 0.3) is 0 Å². The van der Waals surface area contributed by atoms with Crippen LogP contribution >= 0.6 is 0 Å². The van der Waals surface area contributed by atoms with Crippen molar-refractivity contribution in [2.24, 2.45) is 5.92 Å². The van der Waals surface area contributed by atoms with E-state index in [1.165, 1.54) is 17.5 Å². The summed E-state index contributed by atoms with van der Waals surface area (Å²) in [6.07, 6.45) is 2.33. The fourth-order valence-corrected chi connectivity index (χ4v) is 1.59. The van der Waals surface area contributed by atoms with Crippen LogP contribution in [0.1, 0.15) is 31.4 Å². The molecular formula is C13H20O. The van der Waals surface area contributed by atoms with Crippen molar-refractivity contribution in [3.63, 3.8) is 0 Å².